The number of aromatic nitrogens is 1. The largest absolute Gasteiger partial charge is 0.367 e. The summed E-state index contributed by atoms with van der Waals surface area (Å²) in [5.74, 6) is -1.95. The highest BCUT2D eigenvalue weighted by atomic mass is 19.1. The summed E-state index contributed by atoms with van der Waals surface area (Å²) in [6.45, 7) is 6.57. The maximum Gasteiger partial charge on any atom is 0.233 e. The van der Waals surface area contributed by atoms with E-state index in [-0.39, 0.29) is 36.3 Å². The van der Waals surface area contributed by atoms with E-state index >= 15 is 4.39 Å². The van der Waals surface area contributed by atoms with Crippen LogP contribution in [0.1, 0.15) is 12.8 Å². The molecule has 0 radical (unpaired) electrons. The molecule has 222 valence electrons. The van der Waals surface area contributed by atoms with Crippen LogP contribution >= 0.6 is 0 Å². The minimum Gasteiger partial charge on any atom is -0.367 e. The van der Waals surface area contributed by atoms with Crippen LogP contribution in [0.2, 0.25) is 0 Å². The van der Waals surface area contributed by atoms with Crippen LogP contribution in [0.5, 0.6) is 0 Å². The van der Waals surface area contributed by atoms with Gasteiger partial charge in [0.1, 0.15) is 11.9 Å². The molecule has 4 fully saturated rings. The molecule has 0 aliphatic carbocycles. The van der Waals surface area contributed by atoms with E-state index in [2.05, 4.69) is 37.8 Å². The van der Waals surface area contributed by atoms with Crippen molar-refractivity contribution >= 4 is 23.2 Å². The third-order valence-corrected chi connectivity index (χ3v) is 8.67. The van der Waals surface area contributed by atoms with Gasteiger partial charge < -0.3 is 31.5 Å². The van der Waals surface area contributed by atoms with Gasteiger partial charge in [-0.1, -0.05) is 0 Å². The molecule has 0 aromatic carbocycles. The van der Waals surface area contributed by atoms with Gasteiger partial charge in [0.05, 0.1) is 36.3 Å². The lowest BCUT2D eigenvalue weighted by Crippen LogP contribution is -2.64. The van der Waals surface area contributed by atoms with Gasteiger partial charge in [-0.05, 0) is 19.9 Å². The Morgan fingerprint density at radius 3 is 2.30 bits per heavy atom. The van der Waals surface area contributed by atoms with Crippen molar-refractivity contribution in [2.45, 2.75) is 37.4 Å². The standard InChI is InChI=1S/C26H42F2N10O2/c1-35-14-18(15-35)36-6-8-38(9-7-36)26(40)16-2-4-37(5-3-16)22-19(28)12-31-13-20(22)34-25(39)21(23(29)30)24-32-10-17(27)11-33-24/h12-13,16-18,21,23-24,32-33H,2-11,14-15,29-30H2,1H3,(H,34,39). The predicted molar refractivity (Wildman–Crippen MR) is 148 cm³/mol. The summed E-state index contributed by atoms with van der Waals surface area (Å²) in [6.07, 6.45) is 0.948. The Labute approximate surface area is 233 Å². The van der Waals surface area contributed by atoms with E-state index in [1.165, 1.54) is 6.20 Å². The molecule has 2 amide bonds. The lowest BCUT2D eigenvalue weighted by Gasteiger charge is -2.47. The normalized spacial score (nSPS) is 26.6. The molecule has 4 saturated heterocycles. The number of piperidine rings is 1. The number of nitrogens with zero attached hydrogens (tertiary/aromatic N) is 5. The smallest absolute Gasteiger partial charge is 0.233 e. The van der Waals surface area contributed by atoms with Crippen molar-refractivity contribution in [3.05, 3.63) is 18.2 Å². The first-order valence-electron chi connectivity index (χ1n) is 14.2. The van der Waals surface area contributed by atoms with Gasteiger partial charge in [0.25, 0.3) is 0 Å². The maximum atomic E-state index is 15.1. The van der Waals surface area contributed by atoms with E-state index < -0.39 is 36.1 Å². The average Bonchev–Trinajstić information content (AvgIpc) is 2.92. The number of carbonyl (C=O) groups is 2. The number of alkyl halides is 1. The highest BCUT2D eigenvalue weighted by Gasteiger charge is 2.37. The molecule has 12 nitrogen and oxygen atoms in total. The summed E-state index contributed by atoms with van der Waals surface area (Å²) < 4.78 is 28.7. The Hall–Kier alpha value is -2.49. The number of nitrogens with one attached hydrogen (secondary N) is 3. The van der Waals surface area contributed by atoms with Gasteiger partial charge in [-0.3, -0.25) is 30.1 Å². The number of hydrogen-bond donors (Lipinski definition) is 5. The van der Waals surface area contributed by atoms with E-state index in [0.29, 0.717) is 32.0 Å². The molecule has 0 bridgehead atoms. The van der Waals surface area contributed by atoms with E-state index in [9.17, 15) is 14.0 Å². The van der Waals surface area contributed by atoms with Crippen molar-refractivity contribution in [3.8, 4) is 0 Å². The number of hydrogen-bond acceptors (Lipinski definition) is 10. The Bertz CT molecular complexity index is 1030. The molecule has 0 saturated carbocycles. The molecular formula is C26H42F2N10O2. The number of anilines is 2. The number of piperazine rings is 1. The van der Waals surface area contributed by atoms with Crippen molar-refractivity contribution < 1.29 is 18.4 Å². The van der Waals surface area contributed by atoms with Gasteiger partial charge in [0.15, 0.2) is 5.82 Å². The third kappa shape index (κ3) is 6.37. The number of carbonyl (C=O) groups excluding carboxylic acids is 2. The van der Waals surface area contributed by atoms with Gasteiger partial charge in [-0.25, -0.2) is 8.78 Å². The molecule has 4 aliphatic heterocycles. The minimum absolute atomic E-state index is 0.0718. The molecule has 40 heavy (non-hydrogen) atoms. The van der Waals surface area contributed by atoms with E-state index in [4.69, 9.17) is 11.5 Å². The fourth-order valence-electron chi connectivity index (χ4n) is 6.33. The second-order valence-corrected chi connectivity index (χ2v) is 11.5. The number of likely N-dealkylation sites (tertiary alicyclic amines) is 1. The van der Waals surface area contributed by atoms with Crippen molar-refractivity contribution in [2.24, 2.45) is 23.3 Å². The number of likely N-dealkylation sites (N-methyl/N-ethyl adjacent to an activating group) is 1. The quantitative estimate of drug-likeness (QED) is 0.249. The van der Waals surface area contributed by atoms with E-state index in [1.807, 2.05) is 9.80 Å². The summed E-state index contributed by atoms with van der Waals surface area (Å²) in [6, 6.07) is 0.601. The van der Waals surface area contributed by atoms with Crippen LogP contribution < -0.4 is 32.3 Å². The maximum absolute atomic E-state index is 15.1. The van der Waals surface area contributed by atoms with Gasteiger partial charge >= 0.3 is 0 Å². The topological polar surface area (TPSA) is 148 Å². The van der Waals surface area contributed by atoms with Gasteiger partial charge in [0.2, 0.25) is 11.8 Å². The molecule has 1 unspecified atom stereocenters. The molecule has 1 aromatic heterocycles. The molecule has 0 spiro atoms. The number of pyridine rings is 1. The Kier molecular flexibility index (Phi) is 9.12. The highest BCUT2D eigenvalue weighted by Crippen LogP contribution is 2.33. The Morgan fingerprint density at radius 1 is 1.05 bits per heavy atom. The zero-order valence-electron chi connectivity index (χ0n) is 23.1. The summed E-state index contributed by atoms with van der Waals surface area (Å²) in [7, 11) is 2.12. The average molecular weight is 565 g/mol. The Morgan fingerprint density at radius 2 is 1.70 bits per heavy atom. The lowest BCUT2D eigenvalue weighted by atomic mass is 9.94. The molecule has 4 aliphatic rings. The monoisotopic (exact) mass is 564 g/mol. The van der Waals surface area contributed by atoms with Crippen LogP contribution in [0.25, 0.3) is 0 Å². The highest BCUT2D eigenvalue weighted by molar-refractivity contribution is 5.96. The lowest BCUT2D eigenvalue weighted by molar-refractivity contribution is -0.138. The number of amides is 2. The van der Waals surface area contributed by atoms with Crippen molar-refractivity contribution in [3.63, 3.8) is 0 Å². The molecule has 1 aromatic rings. The zero-order valence-corrected chi connectivity index (χ0v) is 23.1. The third-order valence-electron chi connectivity index (χ3n) is 8.67. The first kappa shape index (κ1) is 29.0. The Balaban J connectivity index is 1.18. The van der Waals surface area contributed by atoms with Crippen LogP contribution in [0.4, 0.5) is 20.2 Å². The van der Waals surface area contributed by atoms with Crippen LogP contribution in [-0.2, 0) is 9.59 Å². The second kappa shape index (κ2) is 12.6. The number of nitrogens with two attached hydrogens (primary N) is 2. The molecular weight excluding hydrogens is 522 g/mol. The number of halogens is 2. The van der Waals surface area contributed by atoms with Crippen molar-refractivity contribution in [1.82, 2.24) is 30.3 Å². The van der Waals surface area contributed by atoms with Crippen molar-refractivity contribution in [1.29, 1.82) is 0 Å². The van der Waals surface area contributed by atoms with Gasteiger partial charge in [-0.15, -0.1) is 0 Å². The molecule has 14 heteroatoms. The molecule has 5 heterocycles. The molecule has 1 atom stereocenters. The summed E-state index contributed by atoms with van der Waals surface area (Å²) >= 11 is 0. The summed E-state index contributed by atoms with van der Waals surface area (Å²) in [5.41, 5.74) is 12.3. The fraction of sp³-hybridized carbons (Fsp3) is 0.731. The number of rotatable bonds is 7. The van der Waals surface area contributed by atoms with Gasteiger partial charge in [0, 0.05) is 77.4 Å². The first-order valence-corrected chi connectivity index (χ1v) is 14.2. The fourth-order valence-corrected chi connectivity index (χ4v) is 6.33. The van der Waals surface area contributed by atoms with Crippen LogP contribution in [0.3, 0.4) is 0 Å². The van der Waals surface area contributed by atoms with Crippen LogP contribution in [-0.4, -0.2) is 129 Å². The second-order valence-electron chi connectivity index (χ2n) is 11.5. The summed E-state index contributed by atoms with van der Waals surface area (Å²) in [4.78, 5) is 39.1. The first-order chi connectivity index (χ1) is 19.2. The minimum atomic E-state index is -1.08. The van der Waals surface area contributed by atoms with Gasteiger partial charge in [-0.2, -0.15) is 0 Å². The predicted octanol–water partition coefficient (Wildman–Crippen LogP) is -1.45. The van der Waals surface area contributed by atoms with Crippen LogP contribution in [0, 0.1) is 17.7 Å². The van der Waals surface area contributed by atoms with E-state index in [1.54, 1.807) is 0 Å². The van der Waals surface area contributed by atoms with Crippen LogP contribution in [0.15, 0.2) is 12.4 Å². The molecule has 7 N–H and O–H groups in total. The van der Waals surface area contributed by atoms with Crippen molar-refractivity contribution in [2.75, 3.05) is 82.7 Å². The summed E-state index contributed by atoms with van der Waals surface area (Å²) in [5, 5.41) is 8.58. The molecule has 5 rings (SSSR count). The SMILES string of the molecule is CN1CC(N2CCN(C(=O)C3CCN(c4c(F)cncc4NC(=O)C(C(N)N)C4NCC(F)CN4)CC3)CC2)C1. The van der Waals surface area contributed by atoms with E-state index in [0.717, 1.165) is 45.5 Å². The zero-order chi connectivity index (χ0) is 28.4.